The first-order valence-electron chi connectivity index (χ1n) is 5.79. The second-order valence-electron chi connectivity index (χ2n) is 4.20. The Kier molecular flexibility index (Phi) is 7.79. The molecule has 3 N–H and O–H groups in total. The van der Waals surface area contributed by atoms with E-state index in [0.717, 1.165) is 5.56 Å². The number of benzene rings is 1. The molecule has 2 amide bonds. The molecule has 0 spiro atoms. The number of carbonyl (C=O) groups excluding carboxylic acids is 2. The second kappa shape index (κ2) is 8.50. The fourth-order valence-corrected chi connectivity index (χ4v) is 1.52. The number of hydrogen-bond acceptors (Lipinski definition) is 3. The molecule has 0 aliphatic rings. The maximum absolute atomic E-state index is 11.9. The lowest BCUT2D eigenvalue weighted by atomic mass is 9.98. The first-order valence-corrected chi connectivity index (χ1v) is 5.79. The van der Waals surface area contributed by atoms with Crippen molar-refractivity contribution in [1.29, 1.82) is 0 Å². The van der Waals surface area contributed by atoms with E-state index in [0.29, 0.717) is 0 Å². The van der Waals surface area contributed by atoms with E-state index in [-0.39, 0.29) is 37.3 Å². The van der Waals surface area contributed by atoms with E-state index < -0.39 is 5.92 Å². The minimum absolute atomic E-state index is 0. The minimum Gasteiger partial charge on any atom is -0.347 e. The summed E-state index contributed by atoms with van der Waals surface area (Å²) in [7, 11) is 3.29. The summed E-state index contributed by atoms with van der Waals surface area (Å²) in [5.41, 5.74) is 6.47. The van der Waals surface area contributed by atoms with Gasteiger partial charge in [0.1, 0.15) is 0 Å². The Hall–Kier alpha value is -1.59. The van der Waals surface area contributed by atoms with E-state index in [9.17, 15) is 9.59 Å². The van der Waals surface area contributed by atoms with Crippen LogP contribution in [0.1, 0.15) is 11.5 Å². The zero-order chi connectivity index (χ0) is 13.5. The Bertz CT molecular complexity index is 410. The summed E-state index contributed by atoms with van der Waals surface area (Å²) >= 11 is 0. The predicted octanol–water partition coefficient (Wildman–Crippen LogP) is 0.355. The fraction of sp³-hybridized carbons (Fsp3) is 0.385. The van der Waals surface area contributed by atoms with E-state index in [1.807, 2.05) is 30.3 Å². The molecule has 0 saturated carbocycles. The van der Waals surface area contributed by atoms with Gasteiger partial charge in [0.2, 0.25) is 11.8 Å². The summed E-state index contributed by atoms with van der Waals surface area (Å²) in [5, 5.41) is 2.60. The van der Waals surface area contributed by atoms with Gasteiger partial charge in [0, 0.05) is 20.6 Å². The first-order chi connectivity index (χ1) is 8.56. The molecular formula is C13H20ClN3O2. The van der Waals surface area contributed by atoms with Crippen molar-refractivity contribution in [2.75, 3.05) is 27.2 Å². The third-order valence-corrected chi connectivity index (χ3v) is 2.67. The molecule has 0 aliphatic carbocycles. The lowest BCUT2D eigenvalue weighted by Crippen LogP contribution is -2.40. The van der Waals surface area contributed by atoms with Gasteiger partial charge in [-0.1, -0.05) is 30.3 Å². The van der Waals surface area contributed by atoms with Crippen LogP contribution in [0.25, 0.3) is 0 Å². The van der Waals surface area contributed by atoms with Gasteiger partial charge in [0.25, 0.3) is 0 Å². The van der Waals surface area contributed by atoms with E-state index in [2.05, 4.69) is 5.32 Å². The van der Waals surface area contributed by atoms with Gasteiger partial charge in [-0.25, -0.2) is 0 Å². The van der Waals surface area contributed by atoms with Gasteiger partial charge < -0.3 is 16.0 Å². The van der Waals surface area contributed by atoms with Crippen LogP contribution in [0, 0.1) is 0 Å². The van der Waals surface area contributed by atoms with Gasteiger partial charge in [-0.05, 0) is 5.56 Å². The number of nitrogens with two attached hydrogens (primary N) is 1. The molecule has 0 heterocycles. The Morgan fingerprint density at radius 2 is 1.84 bits per heavy atom. The van der Waals surface area contributed by atoms with Crippen LogP contribution in [-0.2, 0) is 9.59 Å². The van der Waals surface area contributed by atoms with Gasteiger partial charge in [-0.3, -0.25) is 9.59 Å². The zero-order valence-corrected chi connectivity index (χ0v) is 11.9. The molecule has 1 aromatic carbocycles. The number of hydrogen-bond donors (Lipinski definition) is 2. The highest BCUT2D eigenvalue weighted by Gasteiger charge is 2.19. The average Bonchev–Trinajstić information content (AvgIpc) is 2.38. The first kappa shape index (κ1) is 17.4. The molecule has 106 valence electrons. The van der Waals surface area contributed by atoms with Crippen molar-refractivity contribution in [2.45, 2.75) is 5.92 Å². The van der Waals surface area contributed by atoms with Crippen LogP contribution in [0.2, 0.25) is 0 Å². The molecule has 19 heavy (non-hydrogen) atoms. The summed E-state index contributed by atoms with van der Waals surface area (Å²) in [4.78, 5) is 24.7. The summed E-state index contributed by atoms with van der Waals surface area (Å²) < 4.78 is 0. The molecule has 0 fully saturated rings. The Balaban J connectivity index is 0.00000324. The molecule has 1 atom stereocenters. The minimum atomic E-state index is -0.416. The molecule has 0 bridgehead atoms. The number of rotatable bonds is 5. The number of carbonyl (C=O) groups is 2. The van der Waals surface area contributed by atoms with Crippen molar-refractivity contribution in [2.24, 2.45) is 5.73 Å². The third kappa shape index (κ3) is 5.28. The highest BCUT2D eigenvalue weighted by molar-refractivity contribution is 5.88. The molecular weight excluding hydrogens is 266 g/mol. The number of likely N-dealkylation sites (N-methyl/N-ethyl adjacent to an activating group) is 1. The van der Waals surface area contributed by atoms with Crippen molar-refractivity contribution >= 4 is 24.2 Å². The Morgan fingerprint density at radius 1 is 1.26 bits per heavy atom. The molecule has 0 saturated heterocycles. The summed E-state index contributed by atoms with van der Waals surface area (Å²) in [6.45, 7) is 0.209. The number of nitrogens with zero attached hydrogens (tertiary/aromatic N) is 1. The lowest BCUT2D eigenvalue weighted by molar-refractivity contribution is -0.131. The van der Waals surface area contributed by atoms with Crippen molar-refractivity contribution in [3.05, 3.63) is 35.9 Å². The van der Waals surface area contributed by atoms with Crippen LogP contribution >= 0.6 is 12.4 Å². The number of halogens is 1. The van der Waals surface area contributed by atoms with Gasteiger partial charge >= 0.3 is 0 Å². The standard InChI is InChI=1S/C13H19N3O2.ClH/c1-16(2)12(17)9-15-13(18)11(8-14)10-6-4-3-5-7-10;/h3-7,11H,8-9,14H2,1-2H3,(H,15,18);1H. The average molecular weight is 286 g/mol. The molecule has 0 radical (unpaired) electrons. The SMILES string of the molecule is CN(C)C(=O)CNC(=O)C(CN)c1ccccc1.Cl. The van der Waals surface area contributed by atoms with Crippen LogP contribution in [0.5, 0.6) is 0 Å². The Morgan fingerprint density at radius 3 is 2.32 bits per heavy atom. The summed E-state index contributed by atoms with van der Waals surface area (Å²) in [6, 6.07) is 9.30. The molecule has 0 aromatic heterocycles. The third-order valence-electron chi connectivity index (χ3n) is 2.67. The highest BCUT2D eigenvalue weighted by atomic mass is 35.5. The molecule has 1 rings (SSSR count). The highest BCUT2D eigenvalue weighted by Crippen LogP contribution is 2.13. The topological polar surface area (TPSA) is 75.4 Å². The van der Waals surface area contributed by atoms with Crippen molar-refractivity contribution in [3.63, 3.8) is 0 Å². The fourth-order valence-electron chi connectivity index (χ4n) is 1.52. The number of nitrogens with one attached hydrogen (secondary N) is 1. The summed E-state index contributed by atoms with van der Waals surface area (Å²) in [5.74, 6) is -0.785. The van der Waals surface area contributed by atoms with Gasteiger partial charge in [-0.2, -0.15) is 0 Å². The van der Waals surface area contributed by atoms with Gasteiger partial charge in [0.05, 0.1) is 12.5 Å². The maximum Gasteiger partial charge on any atom is 0.241 e. The quantitative estimate of drug-likeness (QED) is 0.820. The maximum atomic E-state index is 11.9. The van der Waals surface area contributed by atoms with Crippen LogP contribution < -0.4 is 11.1 Å². The van der Waals surface area contributed by atoms with Crippen LogP contribution in [0.4, 0.5) is 0 Å². The second-order valence-corrected chi connectivity index (χ2v) is 4.20. The lowest BCUT2D eigenvalue weighted by Gasteiger charge is -2.16. The predicted molar refractivity (Wildman–Crippen MR) is 77.2 cm³/mol. The van der Waals surface area contributed by atoms with Crippen molar-refractivity contribution in [1.82, 2.24) is 10.2 Å². The molecule has 1 unspecified atom stereocenters. The summed E-state index contributed by atoms with van der Waals surface area (Å²) in [6.07, 6.45) is 0. The smallest absolute Gasteiger partial charge is 0.241 e. The zero-order valence-electron chi connectivity index (χ0n) is 11.1. The molecule has 5 nitrogen and oxygen atoms in total. The van der Waals surface area contributed by atoms with Crippen LogP contribution in [0.3, 0.4) is 0 Å². The van der Waals surface area contributed by atoms with E-state index in [1.54, 1.807) is 14.1 Å². The van der Waals surface area contributed by atoms with E-state index >= 15 is 0 Å². The van der Waals surface area contributed by atoms with Crippen molar-refractivity contribution < 1.29 is 9.59 Å². The van der Waals surface area contributed by atoms with Crippen molar-refractivity contribution in [3.8, 4) is 0 Å². The molecule has 6 heteroatoms. The molecule has 1 aromatic rings. The normalized spacial score (nSPS) is 11.1. The van der Waals surface area contributed by atoms with Gasteiger partial charge in [0.15, 0.2) is 0 Å². The van der Waals surface area contributed by atoms with Gasteiger partial charge in [-0.15, -0.1) is 12.4 Å². The van der Waals surface area contributed by atoms with Crippen LogP contribution in [0.15, 0.2) is 30.3 Å². The monoisotopic (exact) mass is 285 g/mol. The van der Waals surface area contributed by atoms with Crippen LogP contribution in [-0.4, -0.2) is 43.9 Å². The number of amides is 2. The van der Waals surface area contributed by atoms with E-state index in [1.165, 1.54) is 4.90 Å². The molecule has 0 aliphatic heterocycles. The van der Waals surface area contributed by atoms with E-state index in [4.69, 9.17) is 5.73 Å². The largest absolute Gasteiger partial charge is 0.347 e. The Labute approximate surface area is 119 Å².